The van der Waals surface area contributed by atoms with E-state index in [0.29, 0.717) is 6.61 Å². The molecule has 0 amide bonds. The van der Waals surface area contributed by atoms with Crippen LogP contribution in [-0.4, -0.2) is 32.4 Å². The zero-order valence-corrected chi connectivity index (χ0v) is 15.7. The fraction of sp³-hybridized carbons (Fsp3) is 0.875. The third-order valence-electron chi connectivity index (χ3n) is 4.91. The van der Waals surface area contributed by atoms with E-state index in [2.05, 4.69) is 61.6 Å². The van der Waals surface area contributed by atoms with E-state index in [1.165, 1.54) is 0 Å². The first-order chi connectivity index (χ1) is 8.79. The van der Waals surface area contributed by atoms with Crippen LogP contribution in [0.2, 0.25) is 18.1 Å². The van der Waals surface area contributed by atoms with Crippen molar-refractivity contribution in [1.82, 2.24) is 0 Å². The summed E-state index contributed by atoms with van der Waals surface area (Å²) >= 11 is 0. The molecule has 0 aromatic carbocycles. The van der Waals surface area contributed by atoms with E-state index in [1.807, 2.05) is 12.2 Å². The number of hydrogen-bond donors (Lipinski definition) is 0. The molecule has 0 saturated carbocycles. The van der Waals surface area contributed by atoms with Crippen molar-refractivity contribution in [3.8, 4) is 0 Å². The maximum absolute atomic E-state index is 6.10. The molecule has 1 heterocycles. The first-order valence-corrected chi connectivity index (χ1v) is 10.4. The van der Waals surface area contributed by atoms with Gasteiger partial charge in [0.05, 0.1) is 17.8 Å². The molecule has 1 saturated heterocycles. The Hall–Kier alpha value is -0.163. The molecule has 0 spiro atoms. The van der Waals surface area contributed by atoms with Crippen molar-refractivity contribution in [3.63, 3.8) is 0 Å². The topological polar surface area (TPSA) is 27.7 Å². The van der Waals surface area contributed by atoms with Crippen LogP contribution >= 0.6 is 0 Å². The molecular formula is C16H32O3Si. The highest BCUT2D eigenvalue weighted by atomic mass is 28.4. The summed E-state index contributed by atoms with van der Waals surface area (Å²) < 4.78 is 17.9. The molecule has 1 fully saturated rings. The Balaban J connectivity index is 2.49. The lowest BCUT2D eigenvalue weighted by Gasteiger charge is -2.35. The summed E-state index contributed by atoms with van der Waals surface area (Å²) in [6.07, 6.45) is 3.70. The van der Waals surface area contributed by atoms with Crippen LogP contribution < -0.4 is 0 Å². The van der Waals surface area contributed by atoms with E-state index in [-0.39, 0.29) is 22.5 Å². The maximum Gasteiger partial charge on any atom is 0.192 e. The van der Waals surface area contributed by atoms with Crippen LogP contribution in [0.1, 0.15) is 48.5 Å². The van der Waals surface area contributed by atoms with Gasteiger partial charge in [0, 0.05) is 0 Å². The number of ether oxygens (including phenoxy) is 2. The lowest BCUT2D eigenvalue weighted by Crippen LogP contribution is -2.41. The van der Waals surface area contributed by atoms with Gasteiger partial charge in [-0.25, -0.2) is 0 Å². The van der Waals surface area contributed by atoms with Crippen molar-refractivity contribution in [2.75, 3.05) is 6.61 Å². The Kier molecular flexibility index (Phi) is 4.97. The third-order valence-corrected chi connectivity index (χ3v) is 9.41. The fourth-order valence-corrected chi connectivity index (χ4v) is 2.55. The van der Waals surface area contributed by atoms with Gasteiger partial charge in [-0.2, -0.15) is 0 Å². The van der Waals surface area contributed by atoms with E-state index in [1.54, 1.807) is 0 Å². The van der Waals surface area contributed by atoms with Gasteiger partial charge in [0.25, 0.3) is 0 Å². The van der Waals surface area contributed by atoms with E-state index >= 15 is 0 Å². The van der Waals surface area contributed by atoms with Crippen molar-refractivity contribution in [2.24, 2.45) is 0 Å². The Morgan fingerprint density at radius 1 is 1.05 bits per heavy atom. The SMILES string of the molecule is CC1(C)OC(C=CCO[Si](C)(C)C(C)(C)C)OC1(C)C. The minimum atomic E-state index is -1.67. The summed E-state index contributed by atoms with van der Waals surface area (Å²) in [5, 5.41) is 0.241. The Labute approximate surface area is 125 Å². The van der Waals surface area contributed by atoms with E-state index in [9.17, 15) is 0 Å². The molecule has 1 aliphatic heterocycles. The minimum Gasteiger partial charge on any atom is -0.413 e. The first-order valence-electron chi connectivity index (χ1n) is 7.45. The van der Waals surface area contributed by atoms with Crippen LogP contribution in [0.25, 0.3) is 0 Å². The molecule has 1 rings (SSSR count). The molecular weight excluding hydrogens is 268 g/mol. The molecule has 118 valence electrons. The van der Waals surface area contributed by atoms with Gasteiger partial charge in [-0.15, -0.1) is 0 Å². The second kappa shape index (κ2) is 5.56. The highest BCUT2D eigenvalue weighted by molar-refractivity contribution is 6.74. The number of hydrogen-bond acceptors (Lipinski definition) is 3. The van der Waals surface area contributed by atoms with Crippen molar-refractivity contribution in [2.45, 2.75) is 84.1 Å². The third kappa shape index (κ3) is 3.94. The van der Waals surface area contributed by atoms with Gasteiger partial charge >= 0.3 is 0 Å². The summed E-state index contributed by atoms with van der Waals surface area (Å²) in [5.41, 5.74) is -0.551. The molecule has 0 radical (unpaired) electrons. The molecule has 0 unspecified atom stereocenters. The Morgan fingerprint density at radius 3 is 1.90 bits per heavy atom. The fourth-order valence-electron chi connectivity index (χ4n) is 1.61. The van der Waals surface area contributed by atoms with Crippen molar-refractivity contribution in [3.05, 3.63) is 12.2 Å². The molecule has 0 atom stereocenters. The summed E-state index contributed by atoms with van der Waals surface area (Å²) in [5.74, 6) is 0. The summed E-state index contributed by atoms with van der Waals surface area (Å²) in [7, 11) is -1.67. The standard InChI is InChI=1S/C16H32O3Si/c1-14(2,3)20(8,9)17-12-10-11-13-18-15(4,5)16(6,7)19-13/h10-11,13H,12H2,1-9H3. The van der Waals surface area contributed by atoms with Crippen LogP contribution in [0.3, 0.4) is 0 Å². The summed E-state index contributed by atoms with van der Waals surface area (Å²) in [6.45, 7) is 20.1. The predicted octanol–water partition coefficient (Wildman–Crippen LogP) is 4.49. The average Bonchev–Trinajstić information content (AvgIpc) is 2.41. The molecule has 4 heteroatoms. The molecule has 0 bridgehead atoms. The second-order valence-electron chi connectivity index (χ2n) is 8.12. The Bertz CT molecular complexity index is 348. The lowest BCUT2D eigenvalue weighted by molar-refractivity contribution is -0.0508. The van der Waals surface area contributed by atoms with Gasteiger partial charge in [-0.1, -0.05) is 26.8 Å². The largest absolute Gasteiger partial charge is 0.413 e. The zero-order chi connectivity index (χ0) is 15.8. The maximum atomic E-state index is 6.10. The minimum absolute atomic E-state index is 0.241. The molecule has 3 nitrogen and oxygen atoms in total. The first kappa shape index (κ1) is 17.9. The van der Waals surface area contributed by atoms with Crippen LogP contribution in [0.5, 0.6) is 0 Å². The molecule has 0 aliphatic carbocycles. The summed E-state index contributed by atoms with van der Waals surface area (Å²) in [6, 6.07) is 0. The van der Waals surface area contributed by atoms with Gasteiger partial charge in [0.15, 0.2) is 14.6 Å². The quantitative estimate of drug-likeness (QED) is 0.565. The number of rotatable bonds is 4. The van der Waals surface area contributed by atoms with Crippen LogP contribution in [0.4, 0.5) is 0 Å². The highest BCUT2D eigenvalue weighted by Gasteiger charge is 2.48. The molecule has 0 aromatic rings. The normalized spacial score (nSPS) is 23.6. The van der Waals surface area contributed by atoms with Crippen molar-refractivity contribution < 1.29 is 13.9 Å². The van der Waals surface area contributed by atoms with Crippen LogP contribution in [-0.2, 0) is 13.9 Å². The van der Waals surface area contributed by atoms with E-state index in [4.69, 9.17) is 13.9 Å². The predicted molar refractivity (Wildman–Crippen MR) is 86.4 cm³/mol. The highest BCUT2D eigenvalue weighted by Crippen LogP contribution is 2.39. The van der Waals surface area contributed by atoms with Crippen molar-refractivity contribution in [1.29, 1.82) is 0 Å². The van der Waals surface area contributed by atoms with Crippen molar-refractivity contribution >= 4 is 8.32 Å². The average molecular weight is 301 g/mol. The van der Waals surface area contributed by atoms with Gasteiger partial charge in [-0.05, 0) is 51.9 Å². The van der Waals surface area contributed by atoms with E-state index in [0.717, 1.165) is 0 Å². The molecule has 0 aromatic heterocycles. The van der Waals surface area contributed by atoms with Crippen LogP contribution in [0.15, 0.2) is 12.2 Å². The summed E-state index contributed by atoms with van der Waals surface area (Å²) in [4.78, 5) is 0. The van der Waals surface area contributed by atoms with Gasteiger partial charge in [0.1, 0.15) is 0 Å². The van der Waals surface area contributed by atoms with Gasteiger partial charge in [-0.3, -0.25) is 0 Å². The van der Waals surface area contributed by atoms with Gasteiger partial charge < -0.3 is 13.9 Å². The monoisotopic (exact) mass is 300 g/mol. The molecule has 0 N–H and O–H groups in total. The zero-order valence-electron chi connectivity index (χ0n) is 14.7. The lowest BCUT2D eigenvalue weighted by atomic mass is 9.90. The smallest absolute Gasteiger partial charge is 0.192 e. The van der Waals surface area contributed by atoms with Crippen LogP contribution in [0, 0.1) is 0 Å². The van der Waals surface area contributed by atoms with Gasteiger partial charge in [0.2, 0.25) is 0 Å². The molecule has 1 aliphatic rings. The Morgan fingerprint density at radius 2 is 1.50 bits per heavy atom. The second-order valence-corrected chi connectivity index (χ2v) is 12.9. The van der Waals surface area contributed by atoms with E-state index < -0.39 is 8.32 Å². The molecule has 20 heavy (non-hydrogen) atoms.